The van der Waals surface area contributed by atoms with Crippen molar-refractivity contribution in [2.24, 2.45) is 11.7 Å². The molecule has 0 saturated heterocycles. The normalized spacial score (nSPS) is 12.5. The summed E-state index contributed by atoms with van der Waals surface area (Å²) in [6.45, 7) is 1.71. The molecule has 0 rings (SSSR count). The second kappa shape index (κ2) is 4.85. The lowest BCUT2D eigenvalue weighted by Crippen LogP contribution is -2.22. The SMILES string of the molecule is CC(=O)C(CCCN)C(=O)O. The van der Waals surface area contributed by atoms with Gasteiger partial charge in [-0.3, -0.25) is 9.59 Å². The van der Waals surface area contributed by atoms with Crippen LogP contribution in [0.3, 0.4) is 0 Å². The Bertz CT molecular complexity index is 142. The van der Waals surface area contributed by atoms with E-state index in [1.54, 1.807) is 0 Å². The predicted octanol–water partition coefficient (Wildman–Crippen LogP) is 0.0151. The molecule has 0 aromatic carbocycles. The minimum Gasteiger partial charge on any atom is -0.481 e. The fraction of sp³-hybridized carbons (Fsp3) is 0.714. The van der Waals surface area contributed by atoms with Gasteiger partial charge in [0.2, 0.25) is 0 Å². The Morgan fingerprint density at radius 1 is 1.55 bits per heavy atom. The fourth-order valence-corrected chi connectivity index (χ4v) is 0.823. The highest BCUT2D eigenvalue weighted by molar-refractivity contribution is 5.96. The smallest absolute Gasteiger partial charge is 0.314 e. The number of rotatable bonds is 5. The van der Waals surface area contributed by atoms with E-state index in [0.717, 1.165) is 0 Å². The Balaban J connectivity index is 3.90. The van der Waals surface area contributed by atoms with Crippen molar-refractivity contribution >= 4 is 11.8 Å². The fourth-order valence-electron chi connectivity index (χ4n) is 0.823. The molecule has 64 valence electrons. The number of ketones is 1. The third-order valence-electron chi connectivity index (χ3n) is 1.49. The first-order valence-electron chi connectivity index (χ1n) is 3.53. The van der Waals surface area contributed by atoms with Gasteiger partial charge < -0.3 is 10.8 Å². The number of carbonyl (C=O) groups excluding carboxylic acids is 1. The van der Waals surface area contributed by atoms with Crippen molar-refractivity contribution in [3.05, 3.63) is 0 Å². The molecule has 1 atom stereocenters. The van der Waals surface area contributed by atoms with Crippen LogP contribution in [0.2, 0.25) is 0 Å². The van der Waals surface area contributed by atoms with E-state index in [4.69, 9.17) is 10.8 Å². The Morgan fingerprint density at radius 3 is 2.36 bits per heavy atom. The minimum absolute atomic E-state index is 0.300. The Morgan fingerprint density at radius 2 is 2.09 bits per heavy atom. The van der Waals surface area contributed by atoms with Crippen molar-refractivity contribution in [3.63, 3.8) is 0 Å². The van der Waals surface area contributed by atoms with Crippen LogP contribution in [0.1, 0.15) is 19.8 Å². The predicted molar refractivity (Wildman–Crippen MR) is 40.1 cm³/mol. The maximum absolute atomic E-state index is 10.7. The molecule has 0 aromatic heterocycles. The molecule has 3 N–H and O–H groups in total. The van der Waals surface area contributed by atoms with Gasteiger partial charge in [-0.2, -0.15) is 0 Å². The van der Waals surface area contributed by atoms with Gasteiger partial charge in [-0.05, 0) is 26.3 Å². The summed E-state index contributed by atoms with van der Waals surface area (Å²) in [6, 6.07) is 0. The molecule has 0 bridgehead atoms. The summed E-state index contributed by atoms with van der Waals surface area (Å²) < 4.78 is 0. The molecular formula is C7H13NO3. The summed E-state index contributed by atoms with van der Waals surface area (Å²) in [5, 5.41) is 8.51. The Labute approximate surface area is 65.4 Å². The van der Waals surface area contributed by atoms with Crippen molar-refractivity contribution < 1.29 is 14.7 Å². The van der Waals surface area contributed by atoms with Crippen LogP contribution in [0.15, 0.2) is 0 Å². The zero-order valence-corrected chi connectivity index (χ0v) is 6.54. The van der Waals surface area contributed by atoms with Crippen LogP contribution in [-0.4, -0.2) is 23.4 Å². The molecule has 0 aliphatic rings. The largest absolute Gasteiger partial charge is 0.481 e. The quantitative estimate of drug-likeness (QED) is 0.554. The maximum atomic E-state index is 10.7. The van der Waals surface area contributed by atoms with Crippen molar-refractivity contribution in [2.45, 2.75) is 19.8 Å². The standard InChI is InChI=1S/C7H13NO3/c1-5(9)6(7(10)11)3-2-4-8/h6H,2-4,8H2,1H3,(H,10,11). The van der Waals surface area contributed by atoms with Gasteiger partial charge in [0.05, 0.1) is 0 Å². The van der Waals surface area contributed by atoms with Crippen molar-refractivity contribution in [2.75, 3.05) is 6.54 Å². The minimum atomic E-state index is -1.05. The van der Waals surface area contributed by atoms with Crippen LogP contribution in [0.5, 0.6) is 0 Å². The third kappa shape index (κ3) is 3.72. The molecule has 0 aliphatic carbocycles. The molecule has 0 radical (unpaired) electrons. The van der Waals surface area contributed by atoms with E-state index >= 15 is 0 Å². The number of carboxylic acids is 1. The highest BCUT2D eigenvalue weighted by Gasteiger charge is 2.21. The maximum Gasteiger partial charge on any atom is 0.314 e. The van der Waals surface area contributed by atoms with Gasteiger partial charge in [0.1, 0.15) is 11.7 Å². The summed E-state index contributed by atoms with van der Waals surface area (Å²) in [7, 11) is 0. The van der Waals surface area contributed by atoms with Crippen LogP contribution >= 0.6 is 0 Å². The summed E-state index contributed by atoms with van der Waals surface area (Å²) in [4.78, 5) is 21.1. The van der Waals surface area contributed by atoms with E-state index in [0.29, 0.717) is 19.4 Å². The monoisotopic (exact) mass is 159 g/mol. The molecule has 4 heteroatoms. The average molecular weight is 159 g/mol. The zero-order valence-electron chi connectivity index (χ0n) is 6.54. The molecule has 0 spiro atoms. The van der Waals surface area contributed by atoms with Gasteiger partial charge in [0, 0.05) is 0 Å². The molecular weight excluding hydrogens is 146 g/mol. The van der Waals surface area contributed by atoms with Gasteiger partial charge in [-0.15, -0.1) is 0 Å². The van der Waals surface area contributed by atoms with E-state index in [1.165, 1.54) is 6.92 Å². The summed E-state index contributed by atoms with van der Waals surface area (Å²) >= 11 is 0. The van der Waals surface area contributed by atoms with Crippen LogP contribution in [-0.2, 0) is 9.59 Å². The van der Waals surface area contributed by atoms with E-state index in [2.05, 4.69) is 0 Å². The van der Waals surface area contributed by atoms with Crippen molar-refractivity contribution in [1.29, 1.82) is 0 Å². The summed E-state index contributed by atoms with van der Waals surface area (Å²) in [6.07, 6.45) is 0.928. The molecule has 0 aliphatic heterocycles. The van der Waals surface area contributed by atoms with E-state index < -0.39 is 11.9 Å². The van der Waals surface area contributed by atoms with Crippen molar-refractivity contribution in [3.8, 4) is 0 Å². The first kappa shape index (κ1) is 10.1. The average Bonchev–Trinajstić information content (AvgIpc) is 1.87. The van der Waals surface area contributed by atoms with Crippen LogP contribution in [0, 0.1) is 5.92 Å². The van der Waals surface area contributed by atoms with E-state index in [9.17, 15) is 9.59 Å². The highest BCUT2D eigenvalue weighted by Crippen LogP contribution is 2.06. The van der Waals surface area contributed by atoms with Gasteiger partial charge in [0.15, 0.2) is 0 Å². The van der Waals surface area contributed by atoms with E-state index in [-0.39, 0.29) is 5.78 Å². The molecule has 11 heavy (non-hydrogen) atoms. The topological polar surface area (TPSA) is 80.4 Å². The number of aliphatic carboxylic acids is 1. The molecule has 0 amide bonds. The third-order valence-corrected chi connectivity index (χ3v) is 1.49. The lowest BCUT2D eigenvalue weighted by atomic mass is 10.00. The second-order valence-electron chi connectivity index (χ2n) is 2.43. The van der Waals surface area contributed by atoms with Gasteiger partial charge in [0.25, 0.3) is 0 Å². The lowest BCUT2D eigenvalue weighted by molar-refractivity contribution is -0.145. The van der Waals surface area contributed by atoms with Crippen molar-refractivity contribution in [1.82, 2.24) is 0 Å². The molecule has 0 fully saturated rings. The number of nitrogens with two attached hydrogens (primary N) is 1. The summed E-state index contributed by atoms with van der Waals surface area (Å²) in [5.74, 6) is -2.21. The molecule has 0 heterocycles. The second-order valence-corrected chi connectivity index (χ2v) is 2.43. The van der Waals surface area contributed by atoms with Crippen LogP contribution in [0.25, 0.3) is 0 Å². The molecule has 1 unspecified atom stereocenters. The highest BCUT2D eigenvalue weighted by atomic mass is 16.4. The first-order chi connectivity index (χ1) is 5.09. The Kier molecular flexibility index (Phi) is 4.45. The first-order valence-corrected chi connectivity index (χ1v) is 3.53. The van der Waals surface area contributed by atoms with E-state index in [1.807, 2.05) is 0 Å². The van der Waals surface area contributed by atoms with Gasteiger partial charge >= 0.3 is 5.97 Å². The molecule has 4 nitrogen and oxygen atoms in total. The molecule has 0 saturated carbocycles. The Hall–Kier alpha value is -0.900. The number of Topliss-reactive ketones (excluding diaryl/α,β-unsaturated/α-hetero) is 1. The molecule has 0 aromatic rings. The number of hydrogen-bond acceptors (Lipinski definition) is 3. The van der Waals surface area contributed by atoms with Gasteiger partial charge in [-0.25, -0.2) is 0 Å². The number of carbonyl (C=O) groups is 2. The zero-order chi connectivity index (χ0) is 8.85. The van der Waals surface area contributed by atoms with Crippen LogP contribution in [0.4, 0.5) is 0 Å². The summed E-state index contributed by atoms with van der Waals surface area (Å²) in [5.41, 5.74) is 5.17. The number of hydrogen-bond donors (Lipinski definition) is 2. The number of carboxylic acid groups (broad SMARTS) is 1. The lowest BCUT2D eigenvalue weighted by Gasteiger charge is -2.05. The van der Waals surface area contributed by atoms with Gasteiger partial charge in [-0.1, -0.05) is 0 Å². The van der Waals surface area contributed by atoms with Crippen LogP contribution < -0.4 is 5.73 Å².